The van der Waals surface area contributed by atoms with E-state index < -0.39 is 0 Å². The molecule has 0 heterocycles. The van der Waals surface area contributed by atoms with Gasteiger partial charge in [-0.3, -0.25) is 9.59 Å². The smallest absolute Gasteiger partial charge is 0.178 e. The van der Waals surface area contributed by atoms with E-state index in [0.717, 1.165) is 37.0 Å². The van der Waals surface area contributed by atoms with Crippen molar-refractivity contribution in [2.75, 3.05) is 0 Å². The molecule has 6 aliphatic carbocycles. The Morgan fingerprint density at radius 1 is 1.08 bits per heavy atom. The molecule has 0 aromatic heterocycles. The molecule has 0 amide bonds. The lowest BCUT2D eigenvalue weighted by Crippen LogP contribution is -2.66. The summed E-state index contributed by atoms with van der Waals surface area (Å²) in [5, 5.41) is 0. The average molecular weight is 322 g/mol. The van der Waals surface area contributed by atoms with Gasteiger partial charge >= 0.3 is 0 Å². The largest absolute Gasteiger partial charge is 0.299 e. The molecule has 24 heavy (non-hydrogen) atoms. The standard InChI is InChI=1S/C22H26O2/c1-20-7-4-14-10-15(23)5-8-21(14)11-13(19(20)21)12-22-9-6-17(24)16(22)2-3-18(20)22/h5,8,10,13,16,18-19H,2-4,6-7,9,11-12H2,1H3. The first-order valence-electron chi connectivity index (χ1n) is 9.97. The fraction of sp³-hybridized carbons (Fsp3) is 0.727. The van der Waals surface area contributed by atoms with E-state index in [1.807, 2.05) is 12.2 Å². The van der Waals surface area contributed by atoms with Gasteiger partial charge in [0.05, 0.1) is 0 Å². The molecule has 0 N–H and O–H groups in total. The van der Waals surface area contributed by atoms with Crippen molar-refractivity contribution in [3.05, 3.63) is 23.8 Å². The maximum Gasteiger partial charge on any atom is 0.178 e. The van der Waals surface area contributed by atoms with Gasteiger partial charge in [-0.15, -0.1) is 0 Å². The highest BCUT2D eigenvalue weighted by Crippen LogP contribution is 2.80. The topological polar surface area (TPSA) is 34.1 Å². The molecule has 0 aromatic carbocycles. The van der Waals surface area contributed by atoms with E-state index in [1.165, 1.54) is 37.7 Å². The van der Waals surface area contributed by atoms with Gasteiger partial charge < -0.3 is 0 Å². The summed E-state index contributed by atoms with van der Waals surface area (Å²) in [6.07, 6.45) is 15.4. The van der Waals surface area contributed by atoms with E-state index in [0.29, 0.717) is 22.5 Å². The highest BCUT2D eigenvalue weighted by molar-refractivity contribution is 6.01. The van der Waals surface area contributed by atoms with Gasteiger partial charge in [-0.25, -0.2) is 0 Å². The van der Waals surface area contributed by atoms with Crippen LogP contribution in [0.3, 0.4) is 0 Å². The Morgan fingerprint density at radius 3 is 2.83 bits per heavy atom. The van der Waals surface area contributed by atoms with Crippen LogP contribution in [0.4, 0.5) is 0 Å². The monoisotopic (exact) mass is 322 g/mol. The van der Waals surface area contributed by atoms with Crippen LogP contribution in [0.2, 0.25) is 0 Å². The third-order valence-corrected chi connectivity index (χ3v) is 9.52. The summed E-state index contributed by atoms with van der Waals surface area (Å²) in [4.78, 5) is 24.4. The Bertz CT molecular complexity index is 745. The maximum absolute atomic E-state index is 12.5. The summed E-state index contributed by atoms with van der Waals surface area (Å²) in [6.45, 7) is 2.56. The number of Topliss-reactive ketones (excluding diaryl/α,β-unsaturated/α-hetero) is 1. The summed E-state index contributed by atoms with van der Waals surface area (Å²) >= 11 is 0. The van der Waals surface area contributed by atoms with Crippen molar-refractivity contribution in [1.29, 1.82) is 0 Å². The van der Waals surface area contributed by atoms with E-state index in [2.05, 4.69) is 13.0 Å². The van der Waals surface area contributed by atoms with Crippen molar-refractivity contribution in [2.24, 2.45) is 39.9 Å². The molecular formula is C22H26O2. The minimum atomic E-state index is 0.192. The number of hydrogen-bond acceptors (Lipinski definition) is 2. The predicted molar refractivity (Wildman–Crippen MR) is 91.1 cm³/mol. The SMILES string of the molecule is CC12CCC3=CC(=O)C=CC34CC(CC35CCC(=O)C3CCC15)C42. The minimum Gasteiger partial charge on any atom is -0.299 e. The number of hydrogen-bond donors (Lipinski definition) is 0. The Kier molecular flexibility index (Phi) is 2.32. The molecule has 7 unspecified atom stereocenters. The van der Waals surface area contributed by atoms with Gasteiger partial charge in [0.15, 0.2) is 5.78 Å². The molecule has 2 heteroatoms. The molecule has 6 aliphatic rings. The first kappa shape index (κ1) is 14.0. The maximum atomic E-state index is 12.5. The van der Waals surface area contributed by atoms with Crippen molar-refractivity contribution < 1.29 is 9.59 Å². The molecule has 5 fully saturated rings. The summed E-state index contributed by atoms with van der Waals surface area (Å²) in [5.41, 5.74) is 2.36. The van der Waals surface area contributed by atoms with Crippen molar-refractivity contribution in [2.45, 2.75) is 58.3 Å². The first-order chi connectivity index (χ1) is 11.5. The fourth-order valence-corrected chi connectivity index (χ4v) is 9.08. The van der Waals surface area contributed by atoms with E-state index >= 15 is 0 Å². The lowest BCUT2D eigenvalue weighted by molar-refractivity contribution is -0.201. The molecule has 2 spiro atoms. The second-order valence-electron chi connectivity index (χ2n) is 9.98. The van der Waals surface area contributed by atoms with Crippen LogP contribution in [0, 0.1) is 39.9 Å². The van der Waals surface area contributed by atoms with Crippen LogP contribution in [0.25, 0.3) is 0 Å². The van der Waals surface area contributed by atoms with E-state index in [9.17, 15) is 9.59 Å². The predicted octanol–water partition coefficient (Wildman–Crippen LogP) is 4.25. The quantitative estimate of drug-likeness (QED) is 0.668. The summed E-state index contributed by atoms with van der Waals surface area (Å²) in [7, 11) is 0. The lowest BCUT2D eigenvalue weighted by Gasteiger charge is -2.72. The van der Waals surface area contributed by atoms with E-state index in [1.54, 1.807) is 0 Å². The van der Waals surface area contributed by atoms with Crippen molar-refractivity contribution >= 4 is 11.6 Å². The van der Waals surface area contributed by atoms with Crippen LogP contribution in [-0.4, -0.2) is 11.6 Å². The second-order valence-corrected chi connectivity index (χ2v) is 9.98. The molecule has 0 aromatic rings. The van der Waals surface area contributed by atoms with E-state index in [4.69, 9.17) is 0 Å². The molecule has 0 radical (unpaired) electrons. The highest BCUT2D eigenvalue weighted by atomic mass is 16.1. The van der Waals surface area contributed by atoms with Gasteiger partial charge in [0.2, 0.25) is 0 Å². The Balaban J connectivity index is 1.48. The third-order valence-electron chi connectivity index (χ3n) is 9.52. The number of carbonyl (C=O) groups is 2. The van der Waals surface area contributed by atoms with Crippen LogP contribution in [0.15, 0.2) is 23.8 Å². The molecule has 7 atom stereocenters. The van der Waals surface area contributed by atoms with Crippen molar-refractivity contribution in [3.8, 4) is 0 Å². The second kappa shape index (κ2) is 3.97. The Morgan fingerprint density at radius 2 is 1.96 bits per heavy atom. The molecule has 0 bridgehead atoms. The fourth-order valence-electron chi connectivity index (χ4n) is 9.08. The normalized spacial score (nSPS) is 56.8. The summed E-state index contributed by atoms with van der Waals surface area (Å²) in [6, 6.07) is 0. The van der Waals surface area contributed by atoms with Crippen molar-refractivity contribution in [3.63, 3.8) is 0 Å². The van der Waals surface area contributed by atoms with Crippen LogP contribution in [0.5, 0.6) is 0 Å². The van der Waals surface area contributed by atoms with Gasteiger partial charge in [-0.2, -0.15) is 0 Å². The Labute approximate surface area is 143 Å². The number of allylic oxidation sites excluding steroid dienone is 4. The van der Waals surface area contributed by atoms with Crippen LogP contribution in [0.1, 0.15) is 58.3 Å². The lowest BCUT2D eigenvalue weighted by atomic mass is 9.31. The highest BCUT2D eigenvalue weighted by Gasteiger charge is 2.74. The molecule has 126 valence electrons. The summed E-state index contributed by atoms with van der Waals surface area (Å²) in [5.74, 6) is 3.40. The minimum absolute atomic E-state index is 0.192. The number of carbonyl (C=O) groups excluding carboxylic acids is 2. The van der Waals surface area contributed by atoms with Gasteiger partial charge in [0.25, 0.3) is 0 Å². The third kappa shape index (κ3) is 1.28. The molecule has 2 nitrogen and oxygen atoms in total. The van der Waals surface area contributed by atoms with Gasteiger partial charge in [-0.1, -0.05) is 18.6 Å². The molecule has 6 rings (SSSR count). The average Bonchev–Trinajstić information content (AvgIpc) is 3.04. The molecule has 5 saturated carbocycles. The van der Waals surface area contributed by atoms with Crippen LogP contribution in [-0.2, 0) is 9.59 Å². The summed E-state index contributed by atoms with van der Waals surface area (Å²) < 4.78 is 0. The number of rotatable bonds is 0. The number of ketones is 2. The van der Waals surface area contributed by atoms with Gasteiger partial charge in [-0.05, 0) is 85.7 Å². The zero-order valence-corrected chi connectivity index (χ0v) is 14.5. The molecular weight excluding hydrogens is 296 g/mol. The molecule has 0 aliphatic heterocycles. The van der Waals surface area contributed by atoms with Crippen molar-refractivity contribution in [1.82, 2.24) is 0 Å². The van der Waals surface area contributed by atoms with Gasteiger partial charge in [0, 0.05) is 17.8 Å². The zero-order valence-electron chi connectivity index (χ0n) is 14.5. The molecule has 0 saturated heterocycles. The number of fused-ring (bicyclic) bond motifs is 1. The van der Waals surface area contributed by atoms with Gasteiger partial charge in [0.1, 0.15) is 5.78 Å². The van der Waals surface area contributed by atoms with Crippen LogP contribution >= 0.6 is 0 Å². The zero-order chi connectivity index (χ0) is 16.3. The van der Waals surface area contributed by atoms with E-state index in [-0.39, 0.29) is 11.2 Å². The van der Waals surface area contributed by atoms with Crippen LogP contribution < -0.4 is 0 Å². The first-order valence-corrected chi connectivity index (χ1v) is 9.97. The Hall–Kier alpha value is -1.18.